The lowest BCUT2D eigenvalue weighted by molar-refractivity contribution is -0.122. The summed E-state index contributed by atoms with van der Waals surface area (Å²) in [5.41, 5.74) is 7.23. The van der Waals surface area contributed by atoms with Crippen LogP contribution in [0.3, 0.4) is 0 Å². The lowest BCUT2D eigenvalue weighted by atomic mass is 10.1. The first-order valence-electron chi connectivity index (χ1n) is 8.09. The third-order valence-electron chi connectivity index (χ3n) is 3.79. The molecule has 1 unspecified atom stereocenters. The number of ether oxygens (including phenoxy) is 1. The smallest absolute Gasteiger partial charge is 0.312 e. The molecule has 0 spiro atoms. The van der Waals surface area contributed by atoms with Crippen molar-refractivity contribution in [3.8, 4) is 5.75 Å². The molecule has 0 fully saturated rings. The molecule has 2 aromatic rings. The third-order valence-corrected chi connectivity index (χ3v) is 3.79. The lowest BCUT2D eigenvalue weighted by Gasteiger charge is -2.17. The van der Waals surface area contributed by atoms with Crippen molar-refractivity contribution in [2.75, 3.05) is 13.7 Å². The van der Waals surface area contributed by atoms with E-state index in [1.807, 2.05) is 54.6 Å². The third kappa shape index (κ3) is 6.18. The van der Waals surface area contributed by atoms with Gasteiger partial charge in [-0.1, -0.05) is 42.5 Å². The summed E-state index contributed by atoms with van der Waals surface area (Å²) in [7, 11) is 1.62. The van der Waals surface area contributed by atoms with E-state index in [9.17, 15) is 9.59 Å². The van der Waals surface area contributed by atoms with Crippen LogP contribution in [0.5, 0.6) is 5.75 Å². The summed E-state index contributed by atoms with van der Waals surface area (Å²) in [6.07, 6.45) is 1.07. The Morgan fingerprint density at radius 2 is 1.72 bits per heavy atom. The average molecular weight is 341 g/mol. The molecule has 0 saturated heterocycles. The molecular weight excluding hydrogens is 318 g/mol. The molecule has 6 heteroatoms. The van der Waals surface area contributed by atoms with E-state index in [4.69, 9.17) is 10.5 Å². The minimum atomic E-state index is -0.716. The molecule has 0 bridgehead atoms. The molecule has 2 rings (SSSR count). The van der Waals surface area contributed by atoms with E-state index in [1.165, 1.54) is 0 Å². The van der Waals surface area contributed by atoms with Crippen molar-refractivity contribution >= 4 is 11.9 Å². The summed E-state index contributed by atoms with van der Waals surface area (Å²) >= 11 is 0. The van der Waals surface area contributed by atoms with Gasteiger partial charge in [0.1, 0.15) is 11.8 Å². The molecule has 2 aromatic carbocycles. The fourth-order valence-corrected chi connectivity index (χ4v) is 2.48. The summed E-state index contributed by atoms with van der Waals surface area (Å²) in [4.78, 5) is 23.6. The zero-order chi connectivity index (χ0) is 18.1. The number of primary amides is 1. The van der Waals surface area contributed by atoms with E-state index >= 15 is 0 Å². The molecule has 3 amide bonds. The first-order valence-corrected chi connectivity index (χ1v) is 8.09. The molecular formula is C19H23N3O3. The lowest BCUT2D eigenvalue weighted by Crippen LogP contribution is -2.50. The molecule has 0 aliphatic carbocycles. The summed E-state index contributed by atoms with van der Waals surface area (Å²) in [6, 6.07) is 15.7. The number of hydrogen-bond donors (Lipinski definition) is 3. The van der Waals surface area contributed by atoms with Crippen LogP contribution in [0.2, 0.25) is 0 Å². The Kier molecular flexibility index (Phi) is 6.83. The summed E-state index contributed by atoms with van der Waals surface area (Å²) in [6.45, 7) is 0.469. The van der Waals surface area contributed by atoms with Gasteiger partial charge in [0.2, 0.25) is 5.91 Å². The number of nitrogens with two attached hydrogens (primary N) is 1. The number of hydrogen-bond acceptors (Lipinski definition) is 3. The first-order chi connectivity index (χ1) is 12.1. The molecule has 0 radical (unpaired) electrons. The monoisotopic (exact) mass is 341 g/mol. The van der Waals surface area contributed by atoms with Gasteiger partial charge in [0.15, 0.2) is 0 Å². The zero-order valence-electron chi connectivity index (χ0n) is 14.2. The number of urea groups is 1. The molecule has 1 atom stereocenters. The predicted octanol–water partition coefficient (Wildman–Crippen LogP) is 1.63. The van der Waals surface area contributed by atoms with E-state index in [0.29, 0.717) is 19.4 Å². The van der Waals surface area contributed by atoms with Gasteiger partial charge in [0.25, 0.3) is 0 Å². The van der Waals surface area contributed by atoms with Gasteiger partial charge in [-0.05, 0) is 29.7 Å². The molecule has 4 N–H and O–H groups in total. The van der Waals surface area contributed by atoms with Crippen LogP contribution in [0.1, 0.15) is 11.1 Å². The van der Waals surface area contributed by atoms with Gasteiger partial charge in [0, 0.05) is 13.0 Å². The van der Waals surface area contributed by atoms with Crippen molar-refractivity contribution in [1.29, 1.82) is 0 Å². The van der Waals surface area contributed by atoms with Crippen LogP contribution in [0, 0.1) is 0 Å². The maximum absolute atomic E-state index is 12.4. The van der Waals surface area contributed by atoms with Crippen molar-refractivity contribution in [1.82, 2.24) is 10.6 Å². The Morgan fingerprint density at radius 3 is 2.32 bits per heavy atom. The van der Waals surface area contributed by atoms with Crippen LogP contribution in [-0.4, -0.2) is 31.6 Å². The topological polar surface area (TPSA) is 93.4 Å². The minimum Gasteiger partial charge on any atom is -0.497 e. The van der Waals surface area contributed by atoms with Gasteiger partial charge in [-0.25, -0.2) is 4.79 Å². The molecule has 0 aliphatic rings. The maximum Gasteiger partial charge on any atom is 0.312 e. The fourth-order valence-electron chi connectivity index (χ4n) is 2.48. The van der Waals surface area contributed by atoms with Crippen LogP contribution in [0.25, 0.3) is 0 Å². The van der Waals surface area contributed by atoms with Gasteiger partial charge in [-0.2, -0.15) is 0 Å². The Morgan fingerprint density at radius 1 is 1.04 bits per heavy atom. The average Bonchev–Trinajstić information content (AvgIpc) is 2.62. The number of nitrogens with one attached hydrogen (secondary N) is 2. The van der Waals surface area contributed by atoms with E-state index in [2.05, 4.69) is 10.6 Å². The van der Waals surface area contributed by atoms with Crippen LogP contribution in [0.4, 0.5) is 4.79 Å². The van der Waals surface area contributed by atoms with Crippen LogP contribution >= 0.6 is 0 Å². The second-order valence-electron chi connectivity index (χ2n) is 5.64. The maximum atomic E-state index is 12.4. The van der Waals surface area contributed by atoms with Gasteiger partial charge < -0.3 is 21.1 Å². The highest BCUT2D eigenvalue weighted by Gasteiger charge is 2.19. The molecule has 0 heterocycles. The normalized spacial score (nSPS) is 11.4. The number of methoxy groups -OCH3 is 1. The fraction of sp³-hybridized carbons (Fsp3) is 0.263. The molecule has 0 saturated carbocycles. The highest BCUT2D eigenvalue weighted by molar-refractivity contribution is 5.86. The van der Waals surface area contributed by atoms with Gasteiger partial charge >= 0.3 is 6.03 Å². The van der Waals surface area contributed by atoms with Crippen LogP contribution in [0.15, 0.2) is 54.6 Å². The van der Waals surface area contributed by atoms with Crippen molar-refractivity contribution in [3.63, 3.8) is 0 Å². The highest BCUT2D eigenvalue weighted by Crippen LogP contribution is 2.11. The molecule has 0 aliphatic heterocycles. The Labute approximate surface area is 147 Å². The van der Waals surface area contributed by atoms with E-state index in [-0.39, 0.29) is 5.91 Å². The predicted molar refractivity (Wildman–Crippen MR) is 96.4 cm³/mol. The van der Waals surface area contributed by atoms with E-state index < -0.39 is 12.1 Å². The minimum absolute atomic E-state index is 0.254. The quantitative estimate of drug-likeness (QED) is 0.681. The summed E-state index contributed by atoms with van der Waals surface area (Å²) in [5, 5.41) is 5.35. The van der Waals surface area contributed by atoms with Crippen LogP contribution in [-0.2, 0) is 17.6 Å². The summed E-state index contributed by atoms with van der Waals surface area (Å²) in [5.74, 6) is 0.539. The number of amides is 3. The van der Waals surface area contributed by atoms with E-state index in [1.54, 1.807) is 7.11 Å². The molecule has 0 aromatic heterocycles. The standard InChI is InChI=1S/C19H23N3O3/c1-25-16-9-7-14(8-10-16)11-12-21-18(23)17(22-19(20)24)13-15-5-3-2-4-6-15/h2-10,17H,11-13H2,1H3,(H,21,23)(H3,20,22,24). The zero-order valence-corrected chi connectivity index (χ0v) is 14.2. The van der Waals surface area contributed by atoms with Crippen molar-refractivity contribution in [2.45, 2.75) is 18.9 Å². The van der Waals surface area contributed by atoms with Gasteiger partial charge in [-0.15, -0.1) is 0 Å². The second kappa shape index (κ2) is 9.32. The number of carbonyl (C=O) groups is 2. The van der Waals surface area contributed by atoms with Crippen molar-refractivity contribution < 1.29 is 14.3 Å². The highest BCUT2D eigenvalue weighted by atomic mass is 16.5. The van der Waals surface area contributed by atoms with Crippen LogP contribution < -0.4 is 21.1 Å². The van der Waals surface area contributed by atoms with Crippen molar-refractivity contribution in [2.24, 2.45) is 5.73 Å². The van der Waals surface area contributed by atoms with Gasteiger partial charge in [-0.3, -0.25) is 4.79 Å². The SMILES string of the molecule is COc1ccc(CCNC(=O)C(Cc2ccccc2)NC(N)=O)cc1. The number of rotatable bonds is 8. The van der Waals surface area contributed by atoms with Crippen molar-refractivity contribution in [3.05, 3.63) is 65.7 Å². The largest absolute Gasteiger partial charge is 0.497 e. The Bertz CT molecular complexity index is 687. The molecule has 6 nitrogen and oxygen atoms in total. The number of benzene rings is 2. The Balaban J connectivity index is 1.88. The number of carbonyl (C=O) groups excluding carboxylic acids is 2. The van der Waals surface area contributed by atoms with E-state index in [0.717, 1.165) is 16.9 Å². The van der Waals surface area contributed by atoms with Gasteiger partial charge in [0.05, 0.1) is 7.11 Å². The molecule has 25 heavy (non-hydrogen) atoms. The second-order valence-corrected chi connectivity index (χ2v) is 5.64. The summed E-state index contributed by atoms with van der Waals surface area (Å²) < 4.78 is 5.12. The molecule has 132 valence electrons. The first kappa shape index (κ1) is 18.3. The Hall–Kier alpha value is -3.02.